The Morgan fingerprint density at radius 1 is 1.47 bits per heavy atom. The van der Waals surface area contributed by atoms with E-state index < -0.39 is 0 Å². The van der Waals surface area contributed by atoms with Gasteiger partial charge in [0.15, 0.2) is 0 Å². The van der Waals surface area contributed by atoms with Crippen LogP contribution in [0.25, 0.3) is 0 Å². The monoisotopic (exact) mass is 333 g/mol. The molecule has 90 valence electrons. The predicted octanol–water partition coefficient (Wildman–Crippen LogP) is 2.85. The van der Waals surface area contributed by atoms with E-state index in [1.54, 1.807) is 6.20 Å². The molecule has 2 aromatic heterocycles. The summed E-state index contributed by atoms with van der Waals surface area (Å²) >= 11 is 10.7. The van der Waals surface area contributed by atoms with Crippen molar-refractivity contribution >= 4 is 50.6 Å². The fourth-order valence-corrected chi connectivity index (χ4v) is 2.54. The first kappa shape index (κ1) is 12.6. The van der Waals surface area contributed by atoms with Gasteiger partial charge < -0.3 is 5.32 Å². The number of nitrogen functional groups attached to an aromatic ring is 1. The highest BCUT2D eigenvalue weighted by Crippen LogP contribution is 2.24. The summed E-state index contributed by atoms with van der Waals surface area (Å²) < 4.78 is 1.55. The Bertz CT molecular complexity index is 518. The third-order valence-corrected chi connectivity index (χ3v) is 3.74. The van der Waals surface area contributed by atoms with E-state index in [1.807, 2.05) is 12.1 Å². The van der Waals surface area contributed by atoms with E-state index in [-0.39, 0.29) is 0 Å². The van der Waals surface area contributed by atoms with Gasteiger partial charge in [-0.3, -0.25) is 5.43 Å². The van der Waals surface area contributed by atoms with Gasteiger partial charge in [0.1, 0.15) is 5.82 Å². The number of hydrazine groups is 1. The lowest BCUT2D eigenvalue weighted by Crippen LogP contribution is -2.12. The highest BCUT2D eigenvalue weighted by atomic mass is 79.9. The Morgan fingerprint density at radius 2 is 2.29 bits per heavy atom. The van der Waals surface area contributed by atoms with E-state index in [1.165, 1.54) is 11.3 Å². The number of nitrogens with two attached hydrogens (primary N) is 1. The van der Waals surface area contributed by atoms with E-state index in [0.717, 1.165) is 13.7 Å². The molecule has 0 aliphatic rings. The molecule has 2 heterocycles. The van der Waals surface area contributed by atoms with Crippen molar-refractivity contribution < 1.29 is 0 Å². The number of hydrogen-bond donors (Lipinski definition) is 3. The first-order chi connectivity index (χ1) is 8.19. The van der Waals surface area contributed by atoms with Gasteiger partial charge in [0.2, 0.25) is 5.95 Å². The summed E-state index contributed by atoms with van der Waals surface area (Å²) in [5.41, 5.74) is 2.40. The third kappa shape index (κ3) is 3.29. The second-order valence-corrected chi connectivity index (χ2v) is 5.75. The SMILES string of the molecule is NNc1ncc(Br)c(NCc2ccc(Cl)s2)n1. The second-order valence-electron chi connectivity index (χ2n) is 3.09. The van der Waals surface area contributed by atoms with Gasteiger partial charge in [0.05, 0.1) is 15.4 Å². The zero-order chi connectivity index (χ0) is 12.3. The van der Waals surface area contributed by atoms with Gasteiger partial charge in [-0.25, -0.2) is 10.8 Å². The van der Waals surface area contributed by atoms with Crippen LogP contribution in [0, 0.1) is 0 Å². The molecule has 0 bridgehead atoms. The predicted molar refractivity (Wildman–Crippen MR) is 74.2 cm³/mol. The van der Waals surface area contributed by atoms with Crippen molar-refractivity contribution in [2.75, 3.05) is 10.7 Å². The molecule has 8 heteroatoms. The van der Waals surface area contributed by atoms with Crippen LogP contribution in [0.1, 0.15) is 4.88 Å². The minimum absolute atomic E-state index is 0.361. The van der Waals surface area contributed by atoms with Crippen molar-refractivity contribution in [3.05, 3.63) is 32.0 Å². The van der Waals surface area contributed by atoms with Crippen LogP contribution in [0.4, 0.5) is 11.8 Å². The maximum atomic E-state index is 5.85. The largest absolute Gasteiger partial charge is 0.364 e. The van der Waals surface area contributed by atoms with E-state index in [0.29, 0.717) is 18.3 Å². The fourth-order valence-electron chi connectivity index (χ4n) is 1.18. The van der Waals surface area contributed by atoms with E-state index in [4.69, 9.17) is 17.4 Å². The molecule has 0 aliphatic carbocycles. The molecule has 0 unspecified atom stereocenters. The molecule has 4 N–H and O–H groups in total. The van der Waals surface area contributed by atoms with Crippen LogP contribution in [0.3, 0.4) is 0 Å². The van der Waals surface area contributed by atoms with Crippen molar-refractivity contribution in [2.45, 2.75) is 6.54 Å². The number of rotatable bonds is 4. The van der Waals surface area contributed by atoms with Crippen molar-refractivity contribution in [1.82, 2.24) is 9.97 Å². The fraction of sp³-hybridized carbons (Fsp3) is 0.111. The highest BCUT2D eigenvalue weighted by molar-refractivity contribution is 9.10. The maximum Gasteiger partial charge on any atom is 0.239 e. The Morgan fingerprint density at radius 3 is 2.94 bits per heavy atom. The van der Waals surface area contributed by atoms with Gasteiger partial charge in [0, 0.05) is 11.1 Å². The number of anilines is 2. The molecule has 0 atom stereocenters. The minimum atomic E-state index is 0.361. The summed E-state index contributed by atoms with van der Waals surface area (Å²) in [5.74, 6) is 6.29. The average Bonchev–Trinajstić information content (AvgIpc) is 2.74. The lowest BCUT2D eigenvalue weighted by atomic mass is 10.4. The summed E-state index contributed by atoms with van der Waals surface area (Å²) in [6, 6.07) is 3.84. The quantitative estimate of drug-likeness (QED) is 0.592. The van der Waals surface area contributed by atoms with Crippen LogP contribution in [-0.4, -0.2) is 9.97 Å². The van der Waals surface area contributed by atoms with E-state index >= 15 is 0 Å². The lowest BCUT2D eigenvalue weighted by Gasteiger charge is -2.07. The van der Waals surface area contributed by atoms with E-state index in [2.05, 4.69) is 36.6 Å². The Hall–Kier alpha value is -0.890. The van der Waals surface area contributed by atoms with Gasteiger partial charge in [-0.2, -0.15) is 4.98 Å². The number of hydrogen-bond acceptors (Lipinski definition) is 6. The zero-order valence-corrected chi connectivity index (χ0v) is 11.7. The van der Waals surface area contributed by atoms with Gasteiger partial charge in [-0.1, -0.05) is 11.6 Å². The zero-order valence-electron chi connectivity index (χ0n) is 8.58. The molecule has 2 aromatic rings. The summed E-state index contributed by atoms with van der Waals surface area (Å²) in [4.78, 5) is 9.27. The second kappa shape index (κ2) is 5.63. The van der Waals surface area contributed by atoms with Gasteiger partial charge in [-0.15, -0.1) is 11.3 Å². The lowest BCUT2D eigenvalue weighted by molar-refractivity contribution is 1.07. The Labute approximate surface area is 116 Å². The van der Waals surface area contributed by atoms with Crippen LogP contribution < -0.4 is 16.6 Å². The van der Waals surface area contributed by atoms with Crippen LogP contribution in [0.15, 0.2) is 22.8 Å². The Kier molecular flexibility index (Phi) is 4.16. The van der Waals surface area contributed by atoms with Crippen LogP contribution in [0.2, 0.25) is 4.34 Å². The molecule has 0 aromatic carbocycles. The summed E-state index contributed by atoms with van der Waals surface area (Å²) in [5, 5.41) is 3.18. The molecule has 5 nitrogen and oxygen atoms in total. The topological polar surface area (TPSA) is 75.9 Å². The van der Waals surface area contributed by atoms with Gasteiger partial charge in [0.25, 0.3) is 0 Å². The van der Waals surface area contributed by atoms with Crippen molar-refractivity contribution in [3.8, 4) is 0 Å². The summed E-state index contributed by atoms with van der Waals surface area (Å²) in [7, 11) is 0. The molecule has 17 heavy (non-hydrogen) atoms. The smallest absolute Gasteiger partial charge is 0.239 e. The molecular formula is C9H9BrClN5S. The third-order valence-electron chi connectivity index (χ3n) is 1.93. The number of aromatic nitrogens is 2. The minimum Gasteiger partial charge on any atom is -0.364 e. The molecule has 0 aliphatic heterocycles. The van der Waals surface area contributed by atoms with Gasteiger partial charge >= 0.3 is 0 Å². The summed E-state index contributed by atoms with van der Waals surface area (Å²) in [6.45, 7) is 0.650. The number of nitrogens with zero attached hydrogens (tertiary/aromatic N) is 2. The normalized spacial score (nSPS) is 10.3. The standard InChI is InChI=1S/C9H9BrClN5S/c10-6-4-14-9(16-12)15-8(6)13-3-5-1-2-7(11)17-5/h1-2,4H,3,12H2,(H2,13,14,15,16). The van der Waals surface area contributed by atoms with Crippen molar-refractivity contribution in [3.63, 3.8) is 0 Å². The number of halogens is 2. The first-order valence-electron chi connectivity index (χ1n) is 4.66. The average molecular weight is 335 g/mol. The Balaban J connectivity index is 2.07. The summed E-state index contributed by atoms with van der Waals surface area (Å²) in [6.07, 6.45) is 1.63. The van der Waals surface area contributed by atoms with Crippen molar-refractivity contribution in [1.29, 1.82) is 0 Å². The molecule has 0 spiro atoms. The molecule has 2 rings (SSSR count). The molecule has 0 saturated heterocycles. The van der Waals surface area contributed by atoms with Gasteiger partial charge in [-0.05, 0) is 28.1 Å². The molecular weight excluding hydrogens is 326 g/mol. The number of thiophene rings is 1. The molecule has 0 saturated carbocycles. The number of nitrogens with one attached hydrogen (secondary N) is 2. The van der Waals surface area contributed by atoms with E-state index in [9.17, 15) is 0 Å². The van der Waals surface area contributed by atoms with Crippen LogP contribution in [0.5, 0.6) is 0 Å². The van der Waals surface area contributed by atoms with Crippen LogP contribution in [-0.2, 0) is 6.54 Å². The molecule has 0 amide bonds. The van der Waals surface area contributed by atoms with Crippen molar-refractivity contribution in [2.24, 2.45) is 5.84 Å². The maximum absolute atomic E-state index is 5.85. The molecule has 0 fully saturated rings. The van der Waals surface area contributed by atoms with Crippen LogP contribution >= 0.6 is 38.9 Å². The molecule has 0 radical (unpaired) electrons. The first-order valence-corrected chi connectivity index (χ1v) is 6.65. The highest BCUT2D eigenvalue weighted by Gasteiger charge is 2.05.